The van der Waals surface area contributed by atoms with Gasteiger partial charge in [-0.15, -0.1) is 0 Å². The first-order valence-corrected chi connectivity index (χ1v) is 5.66. The molecule has 0 heterocycles. The van der Waals surface area contributed by atoms with Crippen molar-refractivity contribution in [3.8, 4) is 6.07 Å². The molecule has 0 saturated carbocycles. The minimum Gasteiger partial charge on any atom is -0.294 e. The number of benzene rings is 1. The van der Waals surface area contributed by atoms with E-state index in [-0.39, 0.29) is 11.7 Å². The van der Waals surface area contributed by atoms with Crippen molar-refractivity contribution in [3.63, 3.8) is 0 Å². The summed E-state index contributed by atoms with van der Waals surface area (Å²) in [6.45, 7) is 2.00. The maximum Gasteiger partial charge on any atom is 0.162 e. The third-order valence-corrected chi connectivity index (χ3v) is 2.67. The van der Waals surface area contributed by atoms with Crippen molar-refractivity contribution < 1.29 is 4.79 Å². The number of nitrogens with zero attached hydrogens (tertiary/aromatic N) is 1. The largest absolute Gasteiger partial charge is 0.294 e. The normalized spacial score (nSPS) is 11.8. The van der Waals surface area contributed by atoms with E-state index in [2.05, 4.69) is 12.1 Å². The van der Waals surface area contributed by atoms with Crippen LogP contribution in [0.25, 0.3) is 0 Å². The van der Waals surface area contributed by atoms with Crippen LogP contribution in [0.1, 0.15) is 43.0 Å². The van der Waals surface area contributed by atoms with Crippen LogP contribution in [0, 0.1) is 23.3 Å². The highest BCUT2D eigenvalue weighted by molar-refractivity contribution is 5.95. The molecule has 0 bridgehead atoms. The summed E-state index contributed by atoms with van der Waals surface area (Å²) in [6, 6.07) is 12.2. The van der Waals surface area contributed by atoms with E-state index in [0.717, 1.165) is 24.8 Å². The molecule has 1 aromatic carbocycles. The highest BCUT2D eigenvalue weighted by atomic mass is 16.1. The number of hydrogen-bond donors (Lipinski definition) is 0. The van der Waals surface area contributed by atoms with Gasteiger partial charge in [0.1, 0.15) is 0 Å². The van der Waals surface area contributed by atoms with Crippen LogP contribution >= 0.6 is 0 Å². The summed E-state index contributed by atoms with van der Waals surface area (Å²) in [7, 11) is 0. The Balaban J connectivity index is 2.34. The Morgan fingerprint density at radius 2 is 2.19 bits per heavy atom. The van der Waals surface area contributed by atoms with E-state index in [4.69, 9.17) is 5.26 Å². The van der Waals surface area contributed by atoms with E-state index >= 15 is 0 Å². The van der Waals surface area contributed by atoms with Crippen LogP contribution in [-0.4, -0.2) is 5.78 Å². The molecule has 0 fully saturated rings. The smallest absolute Gasteiger partial charge is 0.162 e. The number of carbonyl (C=O) groups excluding carboxylic acids is 1. The summed E-state index contributed by atoms with van der Waals surface area (Å²) in [5, 5.41) is 8.77. The molecule has 1 atom stereocenters. The van der Waals surface area contributed by atoms with Gasteiger partial charge in [0.15, 0.2) is 5.78 Å². The number of rotatable bonds is 6. The second-order valence-electron chi connectivity index (χ2n) is 3.84. The van der Waals surface area contributed by atoms with Crippen LogP contribution in [0.2, 0.25) is 0 Å². The van der Waals surface area contributed by atoms with Crippen molar-refractivity contribution in [2.24, 2.45) is 5.92 Å². The van der Waals surface area contributed by atoms with Gasteiger partial charge in [-0.05, 0) is 25.3 Å². The second kappa shape index (κ2) is 6.79. The summed E-state index contributed by atoms with van der Waals surface area (Å²) in [4.78, 5) is 11.7. The van der Waals surface area contributed by atoms with Gasteiger partial charge in [-0.1, -0.05) is 31.2 Å². The quantitative estimate of drug-likeness (QED) is 0.681. The second-order valence-corrected chi connectivity index (χ2v) is 3.84. The highest BCUT2D eigenvalue weighted by Gasteiger charge is 2.08. The molecule has 83 valence electrons. The molecule has 0 spiro atoms. The third-order valence-electron chi connectivity index (χ3n) is 2.67. The third kappa shape index (κ3) is 3.86. The Morgan fingerprint density at radius 3 is 2.75 bits per heavy atom. The molecule has 0 aromatic heterocycles. The Hall–Kier alpha value is -1.62. The molecule has 0 saturated heterocycles. The molecular weight excluding hydrogens is 198 g/mol. The summed E-state index contributed by atoms with van der Waals surface area (Å²) in [6.07, 6.45) is 3.01. The number of carbonyl (C=O) groups is 1. The van der Waals surface area contributed by atoms with Crippen molar-refractivity contribution in [1.29, 1.82) is 5.26 Å². The molecule has 0 aliphatic heterocycles. The van der Waals surface area contributed by atoms with Crippen molar-refractivity contribution >= 4 is 5.78 Å². The zero-order valence-corrected chi connectivity index (χ0v) is 9.57. The molecule has 1 unspecified atom stereocenters. The average Bonchev–Trinajstić information content (AvgIpc) is 2.35. The first-order chi connectivity index (χ1) is 7.77. The van der Waals surface area contributed by atoms with Gasteiger partial charge in [0.2, 0.25) is 0 Å². The van der Waals surface area contributed by atoms with Gasteiger partial charge >= 0.3 is 0 Å². The molecule has 0 aliphatic carbocycles. The average molecular weight is 214 g/mol. The maximum absolute atomic E-state index is 11.7. The summed E-state index contributed by atoms with van der Waals surface area (Å²) in [5.41, 5.74) is 0.740. The van der Waals surface area contributed by atoms with E-state index in [1.807, 2.05) is 6.92 Å². The number of ketones is 1. The fourth-order valence-electron chi connectivity index (χ4n) is 1.59. The number of hydrogen-bond acceptors (Lipinski definition) is 2. The standard InChI is InChI=1S/C14H16NO/c1-2-12(11-15)7-6-10-14(16)13-8-4-3-5-9-13/h4-5,8-9,12H,2,6-7,10H2,1H3. The lowest BCUT2D eigenvalue weighted by molar-refractivity contribution is 0.0978. The van der Waals surface area contributed by atoms with Gasteiger partial charge in [0, 0.05) is 17.9 Å². The molecule has 0 N–H and O–H groups in total. The van der Waals surface area contributed by atoms with E-state index in [1.54, 1.807) is 24.3 Å². The lowest BCUT2D eigenvalue weighted by Crippen LogP contribution is -2.01. The summed E-state index contributed by atoms with van der Waals surface area (Å²) in [5.74, 6) is 0.249. The molecule has 1 rings (SSSR count). The van der Waals surface area contributed by atoms with Crippen molar-refractivity contribution in [2.45, 2.75) is 32.6 Å². The van der Waals surface area contributed by atoms with Crippen LogP contribution in [0.4, 0.5) is 0 Å². The van der Waals surface area contributed by atoms with Gasteiger partial charge < -0.3 is 0 Å². The Morgan fingerprint density at radius 1 is 1.50 bits per heavy atom. The first-order valence-electron chi connectivity index (χ1n) is 5.66. The summed E-state index contributed by atoms with van der Waals surface area (Å²) < 4.78 is 0. The van der Waals surface area contributed by atoms with E-state index in [9.17, 15) is 4.79 Å². The van der Waals surface area contributed by atoms with Crippen molar-refractivity contribution in [1.82, 2.24) is 0 Å². The maximum atomic E-state index is 11.7. The lowest BCUT2D eigenvalue weighted by Gasteiger charge is -2.04. The Bertz CT molecular complexity index is 364. The van der Waals surface area contributed by atoms with E-state index < -0.39 is 0 Å². The molecule has 16 heavy (non-hydrogen) atoms. The van der Waals surface area contributed by atoms with Gasteiger partial charge in [-0.3, -0.25) is 4.79 Å². The van der Waals surface area contributed by atoms with Crippen LogP contribution in [0.3, 0.4) is 0 Å². The highest BCUT2D eigenvalue weighted by Crippen LogP contribution is 2.13. The van der Waals surface area contributed by atoms with Gasteiger partial charge in [0.05, 0.1) is 6.07 Å². The van der Waals surface area contributed by atoms with Gasteiger partial charge in [-0.25, -0.2) is 0 Å². The Kier molecular flexibility index (Phi) is 5.28. The van der Waals surface area contributed by atoms with Crippen molar-refractivity contribution in [3.05, 3.63) is 35.9 Å². The minimum atomic E-state index is 0.0944. The minimum absolute atomic E-state index is 0.0944. The van der Waals surface area contributed by atoms with Crippen LogP contribution in [-0.2, 0) is 0 Å². The molecule has 1 aromatic rings. The van der Waals surface area contributed by atoms with Crippen molar-refractivity contribution in [2.75, 3.05) is 0 Å². The molecule has 0 amide bonds. The molecule has 1 radical (unpaired) electrons. The fraction of sp³-hybridized carbons (Fsp3) is 0.429. The van der Waals surface area contributed by atoms with E-state index in [0.29, 0.717) is 6.42 Å². The first kappa shape index (κ1) is 12.4. The Labute approximate surface area is 96.9 Å². The lowest BCUT2D eigenvalue weighted by atomic mass is 9.98. The monoisotopic (exact) mass is 214 g/mol. The van der Waals surface area contributed by atoms with Crippen LogP contribution in [0.5, 0.6) is 0 Å². The predicted molar refractivity (Wildman–Crippen MR) is 62.9 cm³/mol. The van der Waals surface area contributed by atoms with Gasteiger partial charge in [0.25, 0.3) is 0 Å². The summed E-state index contributed by atoms with van der Waals surface area (Å²) >= 11 is 0. The fourth-order valence-corrected chi connectivity index (χ4v) is 1.59. The van der Waals surface area contributed by atoms with Crippen LogP contribution < -0.4 is 0 Å². The molecule has 2 heteroatoms. The van der Waals surface area contributed by atoms with Gasteiger partial charge in [-0.2, -0.15) is 5.26 Å². The zero-order chi connectivity index (χ0) is 11.8. The molecular formula is C14H16NO. The zero-order valence-electron chi connectivity index (χ0n) is 9.57. The predicted octanol–water partition coefficient (Wildman–Crippen LogP) is 3.39. The van der Waals surface area contributed by atoms with Crippen LogP contribution in [0.15, 0.2) is 24.3 Å². The SMILES string of the molecule is CCC(C#N)CCCC(=O)c1cc[c]cc1. The number of Topliss-reactive ketones (excluding diaryl/α,β-unsaturated/α-hetero) is 1. The topological polar surface area (TPSA) is 40.9 Å². The van der Waals surface area contributed by atoms with E-state index in [1.165, 1.54) is 0 Å². The molecule has 0 aliphatic rings. The number of nitriles is 1. The molecule has 2 nitrogen and oxygen atoms in total.